The summed E-state index contributed by atoms with van der Waals surface area (Å²) in [5, 5.41) is 2.49. The molecule has 0 spiro atoms. The molecule has 0 saturated heterocycles. The molecule has 8 heteroatoms. The van der Waals surface area contributed by atoms with Crippen LogP contribution in [0.4, 0.5) is 13.2 Å². The zero-order valence-corrected chi connectivity index (χ0v) is 10.2. The maximum atomic E-state index is 12.2. The number of ether oxygens (including phenoxy) is 2. The van der Waals surface area contributed by atoms with Gasteiger partial charge in [0.25, 0.3) is 0 Å². The lowest BCUT2D eigenvalue weighted by Gasteiger charge is -2.08. The van der Waals surface area contributed by atoms with Crippen molar-refractivity contribution in [3.8, 4) is 5.88 Å². The molecule has 1 heterocycles. The second kappa shape index (κ2) is 6.93. The number of halogens is 3. The van der Waals surface area contributed by atoms with Crippen LogP contribution in [-0.4, -0.2) is 37.8 Å². The summed E-state index contributed by atoms with van der Waals surface area (Å²) in [5.74, 6) is -0.236. The predicted octanol–water partition coefficient (Wildman–Crippen LogP) is 1.24. The fourth-order valence-electron chi connectivity index (χ4n) is 1.16. The average Bonchev–Trinajstić information content (AvgIpc) is 2.34. The van der Waals surface area contributed by atoms with Gasteiger partial charge in [0.2, 0.25) is 11.8 Å². The van der Waals surface area contributed by atoms with Crippen molar-refractivity contribution in [2.45, 2.75) is 6.18 Å². The predicted molar refractivity (Wildman–Crippen MR) is 59.6 cm³/mol. The van der Waals surface area contributed by atoms with Crippen LogP contribution in [0, 0.1) is 0 Å². The first kappa shape index (κ1) is 15.2. The molecule has 1 aromatic rings. The second-order valence-corrected chi connectivity index (χ2v) is 3.51. The van der Waals surface area contributed by atoms with E-state index < -0.39 is 11.7 Å². The van der Waals surface area contributed by atoms with E-state index >= 15 is 0 Å². The Kier molecular flexibility index (Phi) is 5.56. The number of hydrogen-bond donors (Lipinski definition) is 1. The van der Waals surface area contributed by atoms with Crippen molar-refractivity contribution in [3.05, 3.63) is 23.9 Å². The molecule has 1 amide bonds. The van der Waals surface area contributed by atoms with Gasteiger partial charge in [-0.1, -0.05) is 0 Å². The summed E-state index contributed by atoms with van der Waals surface area (Å²) in [6.07, 6.45) is -3.72. The van der Waals surface area contributed by atoms with Crippen molar-refractivity contribution in [3.63, 3.8) is 0 Å². The van der Waals surface area contributed by atoms with Crippen molar-refractivity contribution < 1.29 is 27.4 Å². The number of pyridine rings is 1. The molecule has 0 aromatic carbocycles. The topological polar surface area (TPSA) is 60.5 Å². The fourth-order valence-corrected chi connectivity index (χ4v) is 1.16. The van der Waals surface area contributed by atoms with Crippen LogP contribution in [0.5, 0.6) is 5.88 Å². The van der Waals surface area contributed by atoms with Gasteiger partial charge in [0.1, 0.15) is 13.2 Å². The summed E-state index contributed by atoms with van der Waals surface area (Å²) in [4.78, 5) is 14.5. The van der Waals surface area contributed by atoms with Crippen molar-refractivity contribution in [2.75, 3.05) is 26.9 Å². The van der Waals surface area contributed by atoms with E-state index in [1.54, 1.807) is 0 Å². The molecule has 0 aliphatic heterocycles. The minimum absolute atomic E-state index is 0.0570. The molecule has 0 atom stereocenters. The van der Waals surface area contributed by atoms with Gasteiger partial charge in [-0.05, 0) is 6.07 Å². The molecule has 0 fully saturated rings. The van der Waals surface area contributed by atoms with Crippen LogP contribution >= 0.6 is 0 Å². The SMILES string of the molecule is COCC(=O)NCCOc1ccc(C(F)(F)F)cn1. The maximum absolute atomic E-state index is 12.2. The number of carbonyl (C=O) groups excluding carboxylic acids is 1. The van der Waals surface area contributed by atoms with Crippen LogP contribution < -0.4 is 10.1 Å². The number of nitrogens with zero attached hydrogens (tertiary/aromatic N) is 1. The third-order valence-electron chi connectivity index (χ3n) is 2.01. The fraction of sp³-hybridized carbons (Fsp3) is 0.455. The smallest absolute Gasteiger partial charge is 0.417 e. The molecule has 0 aliphatic rings. The highest BCUT2D eigenvalue weighted by Gasteiger charge is 2.30. The van der Waals surface area contributed by atoms with E-state index in [-0.39, 0.29) is 31.5 Å². The largest absolute Gasteiger partial charge is 0.476 e. The summed E-state index contributed by atoms with van der Waals surface area (Å²) >= 11 is 0. The van der Waals surface area contributed by atoms with E-state index in [2.05, 4.69) is 15.0 Å². The second-order valence-electron chi connectivity index (χ2n) is 3.51. The van der Waals surface area contributed by atoms with E-state index in [1.165, 1.54) is 7.11 Å². The highest BCUT2D eigenvalue weighted by atomic mass is 19.4. The lowest BCUT2D eigenvalue weighted by molar-refractivity contribution is -0.137. The number of alkyl halides is 3. The summed E-state index contributed by atoms with van der Waals surface area (Å²) in [5.41, 5.74) is -0.840. The van der Waals surface area contributed by atoms with Gasteiger partial charge < -0.3 is 14.8 Å². The molecule has 1 aromatic heterocycles. The Labute approximate surface area is 107 Å². The minimum atomic E-state index is -4.42. The summed E-state index contributed by atoms with van der Waals surface area (Å²) in [7, 11) is 1.39. The Bertz CT molecular complexity index is 407. The van der Waals surface area contributed by atoms with E-state index in [9.17, 15) is 18.0 Å². The zero-order valence-electron chi connectivity index (χ0n) is 10.2. The quantitative estimate of drug-likeness (QED) is 0.795. The van der Waals surface area contributed by atoms with Crippen molar-refractivity contribution in [1.82, 2.24) is 10.3 Å². The van der Waals surface area contributed by atoms with Gasteiger partial charge in [-0.2, -0.15) is 13.2 Å². The molecule has 0 saturated carbocycles. The third kappa shape index (κ3) is 5.56. The van der Waals surface area contributed by atoms with Gasteiger partial charge in [-0.3, -0.25) is 4.79 Å². The molecule has 1 rings (SSSR count). The Hall–Kier alpha value is -1.83. The number of nitrogens with one attached hydrogen (secondary N) is 1. The first-order valence-corrected chi connectivity index (χ1v) is 5.35. The van der Waals surface area contributed by atoms with Crippen LogP contribution in [0.3, 0.4) is 0 Å². The van der Waals surface area contributed by atoms with Crippen molar-refractivity contribution in [1.29, 1.82) is 0 Å². The average molecular weight is 278 g/mol. The molecule has 5 nitrogen and oxygen atoms in total. The van der Waals surface area contributed by atoms with Crippen LogP contribution in [0.15, 0.2) is 18.3 Å². The van der Waals surface area contributed by atoms with Gasteiger partial charge in [0.15, 0.2) is 0 Å². The van der Waals surface area contributed by atoms with Crippen LogP contribution in [0.25, 0.3) is 0 Å². The summed E-state index contributed by atoms with van der Waals surface area (Å²) in [6, 6.07) is 2.01. The number of amides is 1. The highest BCUT2D eigenvalue weighted by molar-refractivity contribution is 5.77. The molecular formula is C11H13F3N2O3. The standard InChI is InChI=1S/C11H13F3N2O3/c1-18-7-9(17)15-4-5-19-10-3-2-8(6-16-10)11(12,13)14/h2-3,6H,4-5,7H2,1H3,(H,15,17). The number of hydrogen-bond acceptors (Lipinski definition) is 4. The minimum Gasteiger partial charge on any atom is -0.476 e. The molecule has 0 bridgehead atoms. The first-order valence-electron chi connectivity index (χ1n) is 5.35. The van der Waals surface area contributed by atoms with Gasteiger partial charge in [0, 0.05) is 19.4 Å². The van der Waals surface area contributed by atoms with Crippen LogP contribution in [0.1, 0.15) is 5.56 Å². The van der Waals surface area contributed by atoms with Crippen molar-refractivity contribution in [2.24, 2.45) is 0 Å². The molecule has 19 heavy (non-hydrogen) atoms. The monoisotopic (exact) mass is 278 g/mol. The van der Waals surface area contributed by atoms with Crippen LogP contribution in [-0.2, 0) is 15.7 Å². The van der Waals surface area contributed by atoms with E-state index in [0.29, 0.717) is 6.20 Å². The van der Waals surface area contributed by atoms with Gasteiger partial charge in [-0.25, -0.2) is 4.98 Å². The van der Waals surface area contributed by atoms with Gasteiger partial charge >= 0.3 is 6.18 Å². The Balaban J connectivity index is 2.33. The molecule has 0 unspecified atom stereocenters. The Morgan fingerprint density at radius 1 is 1.42 bits per heavy atom. The van der Waals surface area contributed by atoms with Crippen LogP contribution in [0.2, 0.25) is 0 Å². The first-order chi connectivity index (χ1) is 8.93. The summed E-state index contributed by atoms with van der Waals surface area (Å²) < 4.78 is 46.4. The van der Waals surface area contributed by atoms with Gasteiger partial charge in [0.05, 0.1) is 12.1 Å². The molecule has 106 valence electrons. The number of aromatic nitrogens is 1. The molecule has 0 radical (unpaired) electrons. The third-order valence-corrected chi connectivity index (χ3v) is 2.01. The highest BCUT2D eigenvalue weighted by Crippen LogP contribution is 2.29. The Morgan fingerprint density at radius 2 is 2.16 bits per heavy atom. The number of methoxy groups -OCH3 is 1. The molecule has 0 aliphatic carbocycles. The summed E-state index contributed by atoms with van der Waals surface area (Å²) in [6.45, 7) is 0.261. The van der Waals surface area contributed by atoms with Crippen molar-refractivity contribution >= 4 is 5.91 Å². The zero-order chi connectivity index (χ0) is 14.3. The lowest BCUT2D eigenvalue weighted by atomic mass is 10.3. The van der Waals surface area contributed by atoms with E-state index in [1.807, 2.05) is 0 Å². The number of rotatable bonds is 6. The van der Waals surface area contributed by atoms with Gasteiger partial charge in [-0.15, -0.1) is 0 Å². The van der Waals surface area contributed by atoms with E-state index in [0.717, 1.165) is 12.1 Å². The normalized spacial score (nSPS) is 11.2. The Morgan fingerprint density at radius 3 is 2.68 bits per heavy atom. The lowest BCUT2D eigenvalue weighted by Crippen LogP contribution is -2.30. The maximum Gasteiger partial charge on any atom is 0.417 e. The molecule has 1 N–H and O–H groups in total. The van der Waals surface area contributed by atoms with E-state index in [4.69, 9.17) is 4.74 Å². The number of carbonyl (C=O) groups is 1. The molecular weight excluding hydrogens is 265 g/mol.